The van der Waals surface area contributed by atoms with Crippen molar-refractivity contribution in [1.29, 1.82) is 0 Å². The summed E-state index contributed by atoms with van der Waals surface area (Å²) in [6.45, 7) is 4.53. The molecule has 0 aliphatic carbocycles. The fourth-order valence-corrected chi connectivity index (χ4v) is 3.69. The summed E-state index contributed by atoms with van der Waals surface area (Å²) in [7, 11) is 0. The third kappa shape index (κ3) is 4.97. The molecule has 0 saturated heterocycles. The van der Waals surface area contributed by atoms with Crippen LogP contribution in [0.15, 0.2) is 53.5 Å². The van der Waals surface area contributed by atoms with Crippen LogP contribution in [0.5, 0.6) is 0 Å². The molecular formula is C24H21F3N6O3. The number of nitrogens with zero attached hydrogens (tertiary/aromatic N) is 3. The molecule has 1 atom stereocenters. The molecule has 0 bridgehead atoms. The molecule has 4 rings (SSSR count). The number of fused-ring (bicyclic) bond motifs is 1. The second-order valence-electron chi connectivity index (χ2n) is 8.17. The van der Waals surface area contributed by atoms with Crippen molar-refractivity contribution in [3.63, 3.8) is 0 Å². The van der Waals surface area contributed by atoms with E-state index in [4.69, 9.17) is 0 Å². The Bertz CT molecular complexity index is 1510. The number of halogens is 3. The average molecular weight is 498 g/mol. The molecule has 1 aromatic carbocycles. The number of benzene rings is 1. The number of anilines is 1. The molecule has 0 radical (unpaired) electrons. The van der Waals surface area contributed by atoms with Crippen molar-refractivity contribution in [2.24, 2.45) is 0 Å². The van der Waals surface area contributed by atoms with Crippen LogP contribution >= 0.6 is 0 Å². The van der Waals surface area contributed by atoms with E-state index in [0.29, 0.717) is 28.1 Å². The first-order chi connectivity index (χ1) is 16.9. The quantitative estimate of drug-likeness (QED) is 0.389. The number of hydrogen-bond donors (Lipinski definition) is 3. The number of aromatic nitrogens is 4. The Morgan fingerprint density at radius 2 is 1.75 bits per heavy atom. The lowest BCUT2D eigenvalue weighted by molar-refractivity contribution is -0.137. The van der Waals surface area contributed by atoms with Crippen molar-refractivity contribution < 1.29 is 22.8 Å². The molecule has 0 unspecified atom stereocenters. The highest BCUT2D eigenvalue weighted by Crippen LogP contribution is 2.33. The largest absolute Gasteiger partial charge is 0.416 e. The van der Waals surface area contributed by atoms with Crippen LogP contribution in [0.2, 0.25) is 0 Å². The minimum Gasteiger partial charge on any atom is -0.345 e. The summed E-state index contributed by atoms with van der Waals surface area (Å²) in [6.07, 6.45) is -3.04. The predicted octanol–water partition coefficient (Wildman–Crippen LogP) is 3.54. The lowest BCUT2D eigenvalue weighted by Crippen LogP contribution is -2.40. The molecule has 2 amide bonds. The number of hydrogen-bond acceptors (Lipinski definition) is 5. The van der Waals surface area contributed by atoms with E-state index in [1.807, 2.05) is 0 Å². The third-order valence-corrected chi connectivity index (χ3v) is 5.42. The molecule has 4 aromatic rings. The summed E-state index contributed by atoms with van der Waals surface area (Å²) in [4.78, 5) is 44.8. The maximum absolute atomic E-state index is 13.0. The van der Waals surface area contributed by atoms with Crippen molar-refractivity contribution >= 4 is 23.3 Å². The van der Waals surface area contributed by atoms with Gasteiger partial charge in [-0.25, -0.2) is 14.5 Å². The normalized spacial score (nSPS) is 12.4. The molecule has 0 fully saturated rings. The van der Waals surface area contributed by atoms with Crippen LogP contribution in [-0.2, 0) is 15.8 Å². The Kier molecular flexibility index (Phi) is 6.35. The predicted molar refractivity (Wildman–Crippen MR) is 126 cm³/mol. The summed E-state index contributed by atoms with van der Waals surface area (Å²) in [5.74, 6) is -0.557. The van der Waals surface area contributed by atoms with Crippen LogP contribution in [0.4, 0.5) is 19.0 Å². The number of aryl methyl sites for hydroxylation is 1. The van der Waals surface area contributed by atoms with Crippen molar-refractivity contribution in [3.05, 3.63) is 70.3 Å². The van der Waals surface area contributed by atoms with Crippen LogP contribution in [-0.4, -0.2) is 37.4 Å². The maximum Gasteiger partial charge on any atom is 0.416 e. The van der Waals surface area contributed by atoms with Gasteiger partial charge in [-0.05, 0) is 43.7 Å². The van der Waals surface area contributed by atoms with Crippen LogP contribution in [0.3, 0.4) is 0 Å². The molecule has 3 heterocycles. The highest BCUT2D eigenvalue weighted by molar-refractivity contribution is 5.96. The number of carbonyl (C=O) groups excluding carboxylic acids is 2. The van der Waals surface area contributed by atoms with Crippen LogP contribution in [0.25, 0.3) is 28.0 Å². The van der Waals surface area contributed by atoms with E-state index in [1.165, 1.54) is 48.8 Å². The van der Waals surface area contributed by atoms with Gasteiger partial charge in [-0.2, -0.15) is 13.2 Å². The SMILES string of the molecule is CC(=O)N[C@H](C)C(=O)Nc1ccc(-c2cc(=O)n3[nH]c(C)c(-c4ccc(C(F)(F)F)cc4)c3n2)cn1. The van der Waals surface area contributed by atoms with Crippen molar-refractivity contribution in [2.75, 3.05) is 5.32 Å². The van der Waals surface area contributed by atoms with E-state index in [0.717, 1.165) is 12.1 Å². The first-order valence-corrected chi connectivity index (χ1v) is 10.8. The third-order valence-electron chi connectivity index (χ3n) is 5.42. The van der Waals surface area contributed by atoms with Crippen LogP contribution < -0.4 is 16.2 Å². The van der Waals surface area contributed by atoms with Crippen molar-refractivity contribution in [3.8, 4) is 22.4 Å². The van der Waals surface area contributed by atoms with E-state index in [1.54, 1.807) is 13.0 Å². The van der Waals surface area contributed by atoms with Gasteiger partial charge in [-0.3, -0.25) is 19.5 Å². The molecule has 0 spiro atoms. The molecule has 12 heteroatoms. The zero-order valence-electron chi connectivity index (χ0n) is 19.4. The molecule has 0 aliphatic rings. The Balaban J connectivity index is 1.67. The zero-order chi connectivity index (χ0) is 26.2. The van der Waals surface area contributed by atoms with Crippen molar-refractivity contribution in [1.82, 2.24) is 24.9 Å². The van der Waals surface area contributed by atoms with Gasteiger partial charge in [0.15, 0.2) is 5.65 Å². The van der Waals surface area contributed by atoms with Gasteiger partial charge in [0, 0.05) is 36.0 Å². The first kappa shape index (κ1) is 24.6. The van der Waals surface area contributed by atoms with Gasteiger partial charge in [-0.15, -0.1) is 0 Å². The molecule has 186 valence electrons. The lowest BCUT2D eigenvalue weighted by atomic mass is 10.0. The standard InChI is InChI=1S/C24H21F3N6O3/c1-12-21(15-4-7-17(8-5-15)24(25,26)27)22-30-18(10-20(35)33(22)32-12)16-6-9-19(28-11-16)31-23(36)13(2)29-14(3)34/h4-11,13,32H,1-3H3,(H,29,34)(H,28,31,36)/t13-/m1/s1. The van der Waals surface area contributed by atoms with Gasteiger partial charge in [0.05, 0.1) is 11.3 Å². The van der Waals surface area contributed by atoms with Gasteiger partial charge in [0.1, 0.15) is 11.9 Å². The topological polar surface area (TPSA) is 121 Å². The molecule has 3 aromatic heterocycles. The first-order valence-electron chi connectivity index (χ1n) is 10.8. The fraction of sp³-hybridized carbons (Fsp3) is 0.208. The van der Waals surface area contributed by atoms with Crippen LogP contribution in [0, 0.1) is 6.92 Å². The number of H-pyrrole nitrogens is 1. The number of rotatable bonds is 5. The molecule has 9 nitrogen and oxygen atoms in total. The summed E-state index contributed by atoms with van der Waals surface area (Å²) in [5.41, 5.74) is 1.34. The van der Waals surface area contributed by atoms with Crippen molar-refractivity contribution in [2.45, 2.75) is 33.0 Å². The summed E-state index contributed by atoms with van der Waals surface area (Å²) in [5, 5.41) is 7.95. The van der Waals surface area contributed by atoms with Crippen LogP contribution in [0.1, 0.15) is 25.1 Å². The molecule has 0 saturated carbocycles. The van der Waals surface area contributed by atoms with E-state index in [2.05, 4.69) is 25.7 Å². The monoisotopic (exact) mass is 498 g/mol. The van der Waals surface area contributed by atoms with E-state index in [9.17, 15) is 27.6 Å². The fourth-order valence-electron chi connectivity index (χ4n) is 3.69. The smallest absolute Gasteiger partial charge is 0.345 e. The molecule has 3 N–H and O–H groups in total. The Hall–Kier alpha value is -4.48. The Labute approximate surface area is 202 Å². The Morgan fingerprint density at radius 1 is 1.08 bits per heavy atom. The highest BCUT2D eigenvalue weighted by Gasteiger charge is 2.30. The molecular weight excluding hydrogens is 477 g/mol. The van der Waals surface area contributed by atoms with Gasteiger partial charge in [-0.1, -0.05) is 12.1 Å². The number of nitrogens with one attached hydrogen (secondary N) is 3. The second-order valence-corrected chi connectivity index (χ2v) is 8.17. The number of amides is 2. The Morgan fingerprint density at radius 3 is 2.33 bits per heavy atom. The number of pyridine rings is 1. The van der Waals surface area contributed by atoms with Gasteiger partial charge < -0.3 is 10.6 Å². The second kappa shape index (κ2) is 9.29. The van der Waals surface area contributed by atoms with E-state index < -0.39 is 29.2 Å². The molecule has 0 aliphatic heterocycles. The molecule has 36 heavy (non-hydrogen) atoms. The number of alkyl halides is 3. The van der Waals surface area contributed by atoms with E-state index in [-0.39, 0.29) is 17.4 Å². The van der Waals surface area contributed by atoms with Gasteiger partial charge >= 0.3 is 6.18 Å². The minimum absolute atomic E-state index is 0.238. The van der Waals surface area contributed by atoms with Gasteiger partial charge in [0.2, 0.25) is 11.8 Å². The number of carbonyl (C=O) groups is 2. The average Bonchev–Trinajstić information content (AvgIpc) is 3.15. The summed E-state index contributed by atoms with van der Waals surface area (Å²) >= 11 is 0. The maximum atomic E-state index is 13.0. The minimum atomic E-state index is -4.46. The summed E-state index contributed by atoms with van der Waals surface area (Å²) < 4.78 is 40.1. The highest BCUT2D eigenvalue weighted by atomic mass is 19.4. The lowest BCUT2D eigenvalue weighted by Gasteiger charge is -2.12. The summed E-state index contributed by atoms with van der Waals surface area (Å²) in [6, 6.07) is 8.30. The van der Waals surface area contributed by atoms with E-state index >= 15 is 0 Å². The van der Waals surface area contributed by atoms with Gasteiger partial charge in [0.25, 0.3) is 5.56 Å². The number of aromatic amines is 1. The zero-order valence-corrected chi connectivity index (χ0v) is 19.4.